The maximum Gasteiger partial charge on any atom is 0.227 e. The first kappa shape index (κ1) is 17.7. The number of hydrogen-bond donors (Lipinski definition) is 1. The lowest BCUT2D eigenvalue weighted by molar-refractivity contribution is -0.117. The molecule has 1 aromatic carbocycles. The van der Waals surface area contributed by atoms with Gasteiger partial charge in [-0.05, 0) is 37.5 Å². The number of allylic oxidation sites excluding steroid dienone is 1. The minimum atomic E-state index is -0.401. The number of benzene rings is 1. The summed E-state index contributed by atoms with van der Waals surface area (Å²) in [5.41, 5.74) is 1.87. The first-order chi connectivity index (χ1) is 11.2. The topological polar surface area (TPSA) is 40.5 Å². The van der Waals surface area contributed by atoms with E-state index in [2.05, 4.69) is 13.0 Å². The highest BCUT2D eigenvalue weighted by Crippen LogP contribution is 2.29. The Kier molecular flexibility index (Phi) is 6.85. The smallest absolute Gasteiger partial charge is 0.227 e. The van der Waals surface area contributed by atoms with Gasteiger partial charge >= 0.3 is 0 Å². The molecule has 23 heavy (non-hydrogen) atoms. The Morgan fingerprint density at radius 3 is 2.65 bits per heavy atom. The third kappa shape index (κ3) is 4.68. The largest absolute Gasteiger partial charge is 0.388 e. The molecule has 1 saturated heterocycles. The van der Waals surface area contributed by atoms with Crippen LogP contribution in [0.25, 0.3) is 0 Å². The van der Waals surface area contributed by atoms with Crippen LogP contribution in [0.15, 0.2) is 36.4 Å². The molecule has 0 spiro atoms. The molecule has 3 heteroatoms. The van der Waals surface area contributed by atoms with Crippen LogP contribution in [0, 0.1) is 0 Å². The standard InChI is InChI=1S/C20H29NO2/c1-3-5-6-7-9-19(22)16-10-12-18(13-11-16)21-17(8-4-2)14-15-20(21)23/h4,8,10-13,17,19,22H,3,5-7,9,14-15H2,1-2H3/b8-4+/t17?,19-/m0/s1. The molecule has 3 nitrogen and oxygen atoms in total. The number of unbranched alkanes of at least 4 members (excludes halogenated alkanes) is 3. The molecule has 1 amide bonds. The fraction of sp³-hybridized carbons (Fsp3) is 0.550. The molecule has 1 aliphatic heterocycles. The molecule has 1 aliphatic rings. The lowest BCUT2D eigenvalue weighted by atomic mass is 10.0. The maximum atomic E-state index is 12.1. The zero-order chi connectivity index (χ0) is 16.7. The molecule has 1 fully saturated rings. The predicted molar refractivity (Wildman–Crippen MR) is 95.5 cm³/mol. The van der Waals surface area contributed by atoms with E-state index in [0.29, 0.717) is 6.42 Å². The zero-order valence-corrected chi connectivity index (χ0v) is 14.4. The molecule has 0 bridgehead atoms. The number of amides is 1. The quantitative estimate of drug-likeness (QED) is 0.555. The lowest BCUT2D eigenvalue weighted by Crippen LogP contribution is -2.31. The van der Waals surface area contributed by atoms with Crippen molar-refractivity contribution in [2.75, 3.05) is 4.90 Å². The van der Waals surface area contributed by atoms with Crippen molar-refractivity contribution in [3.63, 3.8) is 0 Å². The van der Waals surface area contributed by atoms with E-state index in [1.807, 2.05) is 42.2 Å². The molecule has 2 rings (SSSR count). The van der Waals surface area contributed by atoms with Gasteiger partial charge in [-0.2, -0.15) is 0 Å². The van der Waals surface area contributed by atoms with E-state index in [9.17, 15) is 9.90 Å². The summed E-state index contributed by atoms with van der Waals surface area (Å²) in [5.74, 6) is 0.181. The van der Waals surface area contributed by atoms with Crippen LogP contribution in [0.4, 0.5) is 5.69 Å². The monoisotopic (exact) mass is 315 g/mol. The van der Waals surface area contributed by atoms with E-state index in [1.54, 1.807) is 0 Å². The number of aliphatic hydroxyl groups is 1. The van der Waals surface area contributed by atoms with Crippen molar-refractivity contribution in [1.82, 2.24) is 0 Å². The fourth-order valence-electron chi connectivity index (χ4n) is 3.23. The van der Waals surface area contributed by atoms with Gasteiger partial charge in [-0.25, -0.2) is 0 Å². The Balaban J connectivity index is 1.99. The Labute approximate surface area is 140 Å². The number of hydrogen-bond acceptors (Lipinski definition) is 2. The summed E-state index contributed by atoms with van der Waals surface area (Å²) >= 11 is 0. The van der Waals surface area contributed by atoms with E-state index in [-0.39, 0.29) is 11.9 Å². The van der Waals surface area contributed by atoms with Crippen molar-refractivity contribution in [1.29, 1.82) is 0 Å². The van der Waals surface area contributed by atoms with E-state index >= 15 is 0 Å². The van der Waals surface area contributed by atoms with Gasteiger partial charge in [0.2, 0.25) is 5.91 Å². The Hall–Kier alpha value is -1.61. The SMILES string of the molecule is C/C=C/C1CCC(=O)N1c1ccc([C@@H](O)CCCCCC)cc1. The van der Waals surface area contributed by atoms with Crippen molar-refractivity contribution in [2.45, 2.75) is 70.9 Å². The average molecular weight is 315 g/mol. The number of carbonyl (C=O) groups is 1. The zero-order valence-electron chi connectivity index (χ0n) is 14.4. The van der Waals surface area contributed by atoms with Gasteiger partial charge in [-0.3, -0.25) is 4.79 Å². The van der Waals surface area contributed by atoms with Crippen LogP contribution in [-0.4, -0.2) is 17.1 Å². The number of aliphatic hydroxyl groups excluding tert-OH is 1. The highest BCUT2D eigenvalue weighted by atomic mass is 16.3. The van der Waals surface area contributed by atoms with Gasteiger partial charge in [0.25, 0.3) is 0 Å². The van der Waals surface area contributed by atoms with E-state index in [1.165, 1.54) is 19.3 Å². The van der Waals surface area contributed by atoms with E-state index in [0.717, 1.165) is 30.5 Å². The number of anilines is 1. The van der Waals surface area contributed by atoms with Gasteiger partial charge in [0.05, 0.1) is 12.1 Å². The Morgan fingerprint density at radius 2 is 2.00 bits per heavy atom. The van der Waals surface area contributed by atoms with Crippen molar-refractivity contribution >= 4 is 11.6 Å². The van der Waals surface area contributed by atoms with Gasteiger partial charge < -0.3 is 10.0 Å². The van der Waals surface area contributed by atoms with Crippen molar-refractivity contribution < 1.29 is 9.90 Å². The second-order valence-electron chi connectivity index (χ2n) is 6.35. The highest BCUT2D eigenvalue weighted by Gasteiger charge is 2.30. The predicted octanol–water partition coefficient (Wildman–Crippen LogP) is 4.76. The molecule has 126 valence electrons. The molecule has 2 atom stereocenters. The lowest BCUT2D eigenvalue weighted by Gasteiger charge is -2.23. The average Bonchev–Trinajstić information content (AvgIpc) is 2.92. The minimum absolute atomic E-state index is 0.164. The second kappa shape index (κ2) is 8.88. The van der Waals surface area contributed by atoms with Gasteiger partial charge in [0, 0.05) is 12.1 Å². The van der Waals surface area contributed by atoms with Crippen molar-refractivity contribution in [2.24, 2.45) is 0 Å². The molecular formula is C20H29NO2. The van der Waals surface area contributed by atoms with Crippen molar-refractivity contribution in [3.8, 4) is 0 Å². The molecule has 0 aliphatic carbocycles. The molecule has 1 unspecified atom stereocenters. The van der Waals surface area contributed by atoms with Gasteiger partial charge in [0.1, 0.15) is 0 Å². The Morgan fingerprint density at radius 1 is 1.26 bits per heavy atom. The van der Waals surface area contributed by atoms with Crippen LogP contribution >= 0.6 is 0 Å². The summed E-state index contributed by atoms with van der Waals surface area (Å²) in [7, 11) is 0. The molecule has 1 N–H and O–H groups in total. The van der Waals surface area contributed by atoms with Crippen LogP contribution in [0.5, 0.6) is 0 Å². The van der Waals surface area contributed by atoms with Crippen LogP contribution < -0.4 is 4.90 Å². The summed E-state index contributed by atoms with van der Waals surface area (Å²) in [5, 5.41) is 10.3. The molecule has 0 saturated carbocycles. The third-order valence-electron chi connectivity index (χ3n) is 4.56. The second-order valence-corrected chi connectivity index (χ2v) is 6.35. The summed E-state index contributed by atoms with van der Waals surface area (Å²) in [6.45, 7) is 4.18. The molecule has 1 aromatic rings. The minimum Gasteiger partial charge on any atom is -0.388 e. The van der Waals surface area contributed by atoms with Crippen LogP contribution in [-0.2, 0) is 4.79 Å². The highest BCUT2D eigenvalue weighted by molar-refractivity contribution is 5.96. The third-order valence-corrected chi connectivity index (χ3v) is 4.56. The first-order valence-corrected chi connectivity index (χ1v) is 8.90. The fourth-order valence-corrected chi connectivity index (χ4v) is 3.23. The number of carbonyl (C=O) groups excluding carboxylic acids is 1. The van der Waals surface area contributed by atoms with Gasteiger partial charge in [0.15, 0.2) is 0 Å². The summed E-state index contributed by atoms with van der Waals surface area (Å²) in [6.07, 6.45) is 10.7. The van der Waals surface area contributed by atoms with Crippen molar-refractivity contribution in [3.05, 3.63) is 42.0 Å². The maximum absolute atomic E-state index is 12.1. The number of nitrogens with zero attached hydrogens (tertiary/aromatic N) is 1. The van der Waals surface area contributed by atoms with E-state index in [4.69, 9.17) is 0 Å². The van der Waals surface area contributed by atoms with Crippen LogP contribution in [0.2, 0.25) is 0 Å². The van der Waals surface area contributed by atoms with Crippen LogP contribution in [0.1, 0.15) is 70.5 Å². The normalized spacial score (nSPS) is 19.7. The summed E-state index contributed by atoms with van der Waals surface area (Å²) in [6, 6.07) is 8.00. The molecular weight excluding hydrogens is 286 g/mol. The van der Waals surface area contributed by atoms with Gasteiger partial charge in [-0.15, -0.1) is 0 Å². The van der Waals surface area contributed by atoms with Gasteiger partial charge in [-0.1, -0.05) is 56.9 Å². The van der Waals surface area contributed by atoms with Crippen LogP contribution in [0.3, 0.4) is 0 Å². The van der Waals surface area contributed by atoms with E-state index < -0.39 is 6.10 Å². The Bertz CT molecular complexity index is 521. The first-order valence-electron chi connectivity index (χ1n) is 8.90. The molecule has 0 radical (unpaired) electrons. The number of rotatable bonds is 8. The summed E-state index contributed by atoms with van der Waals surface area (Å²) in [4.78, 5) is 14.0. The molecule has 0 aromatic heterocycles. The summed E-state index contributed by atoms with van der Waals surface area (Å²) < 4.78 is 0. The molecule has 1 heterocycles.